The van der Waals surface area contributed by atoms with Gasteiger partial charge in [-0.1, -0.05) is 19.1 Å². The maximum absolute atomic E-state index is 13.3. The van der Waals surface area contributed by atoms with Gasteiger partial charge < -0.3 is 10.0 Å². The highest BCUT2D eigenvalue weighted by atomic mass is 32.2. The number of carboxylic acids is 1. The molecule has 0 radical (unpaired) electrons. The summed E-state index contributed by atoms with van der Waals surface area (Å²) in [6.45, 7) is 1.87. The molecule has 0 bridgehead atoms. The highest BCUT2D eigenvalue weighted by Gasteiger charge is 2.41. The Kier molecular flexibility index (Phi) is 4.65. The largest absolute Gasteiger partial charge is 0.480 e. The van der Waals surface area contributed by atoms with Crippen LogP contribution in [0.3, 0.4) is 0 Å². The van der Waals surface area contributed by atoms with E-state index in [4.69, 9.17) is 0 Å². The standard InChI is InChI=1S/C14H16FNO3S/c1-2-4-12(17)16-11(14(18)19)8-20-13(16)9-5-3-6-10(15)7-9/h3,5-7,11,13H,2,4,8H2,1H3,(H,18,19)/t11-,13-/m1/s1. The number of carbonyl (C=O) groups is 2. The van der Waals surface area contributed by atoms with Gasteiger partial charge in [-0.05, 0) is 24.1 Å². The molecule has 1 heterocycles. The minimum absolute atomic E-state index is 0.195. The predicted octanol–water partition coefficient (Wildman–Crippen LogP) is 2.65. The maximum Gasteiger partial charge on any atom is 0.327 e. The fraction of sp³-hybridized carbons (Fsp3) is 0.429. The number of carbonyl (C=O) groups excluding carboxylic acids is 1. The number of thioether (sulfide) groups is 1. The highest BCUT2D eigenvalue weighted by Crippen LogP contribution is 2.41. The monoisotopic (exact) mass is 297 g/mol. The Morgan fingerprint density at radius 1 is 1.50 bits per heavy atom. The third-order valence-electron chi connectivity index (χ3n) is 3.17. The summed E-state index contributed by atoms with van der Waals surface area (Å²) in [5.74, 6) is -1.27. The molecule has 6 heteroatoms. The molecule has 1 aromatic carbocycles. The zero-order valence-electron chi connectivity index (χ0n) is 11.1. The lowest BCUT2D eigenvalue weighted by atomic mass is 10.1. The van der Waals surface area contributed by atoms with Gasteiger partial charge in [0.15, 0.2) is 0 Å². The molecule has 0 saturated carbocycles. The second kappa shape index (κ2) is 6.26. The third kappa shape index (κ3) is 2.95. The maximum atomic E-state index is 13.3. The zero-order valence-corrected chi connectivity index (χ0v) is 11.9. The van der Waals surface area contributed by atoms with E-state index in [9.17, 15) is 19.1 Å². The summed E-state index contributed by atoms with van der Waals surface area (Å²) >= 11 is 1.36. The molecule has 0 spiro atoms. The van der Waals surface area contributed by atoms with E-state index in [0.717, 1.165) is 0 Å². The Labute approximate surface area is 121 Å². The Morgan fingerprint density at radius 3 is 2.85 bits per heavy atom. The lowest BCUT2D eigenvalue weighted by molar-refractivity contribution is -0.149. The van der Waals surface area contributed by atoms with Crippen LogP contribution in [0, 0.1) is 5.82 Å². The van der Waals surface area contributed by atoms with Crippen molar-refractivity contribution in [3.63, 3.8) is 0 Å². The summed E-state index contributed by atoms with van der Waals surface area (Å²) in [4.78, 5) is 24.8. The van der Waals surface area contributed by atoms with Crippen molar-refractivity contribution in [3.05, 3.63) is 35.6 Å². The number of carboxylic acid groups (broad SMARTS) is 1. The highest BCUT2D eigenvalue weighted by molar-refractivity contribution is 7.99. The molecule has 20 heavy (non-hydrogen) atoms. The second-order valence-electron chi connectivity index (χ2n) is 4.65. The van der Waals surface area contributed by atoms with Crippen molar-refractivity contribution in [2.75, 3.05) is 5.75 Å². The zero-order chi connectivity index (χ0) is 14.7. The topological polar surface area (TPSA) is 57.6 Å². The average Bonchev–Trinajstić information content (AvgIpc) is 2.83. The van der Waals surface area contributed by atoms with Crippen LogP contribution in [-0.4, -0.2) is 33.7 Å². The number of amides is 1. The van der Waals surface area contributed by atoms with Gasteiger partial charge in [0.1, 0.15) is 17.2 Å². The van der Waals surface area contributed by atoms with Gasteiger partial charge in [0.05, 0.1) is 0 Å². The van der Waals surface area contributed by atoms with E-state index < -0.39 is 17.4 Å². The van der Waals surface area contributed by atoms with Crippen LogP contribution in [0.4, 0.5) is 4.39 Å². The Hall–Kier alpha value is -1.56. The SMILES string of the molecule is CCCC(=O)N1[C@@H](C(=O)O)CS[C@@H]1c1cccc(F)c1. The molecule has 108 valence electrons. The first-order valence-corrected chi connectivity index (χ1v) is 7.50. The Bertz CT molecular complexity index is 523. The lowest BCUT2D eigenvalue weighted by Crippen LogP contribution is -2.42. The van der Waals surface area contributed by atoms with Crippen molar-refractivity contribution < 1.29 is 19.1 Å². The van der Waals surface area contributed by atoms with Gasteiger partial charge in [0.2, 0.25) is 5.91 Å². The summed E-state index contributed by atoms with van der Waals surface area (Å²) in [5, 5.41) is 8.81. The average molecular weight is 297 g/mol. The number of aliphatic carboxylic acids is 1. The molecule has 1 saturated heterocycles. The quantitative estimate of drug-likeness (QED) is 0.928. The van der Waals surface area contributed by atoms with Gasteiger partial charge in [0, 0.05) is 12.2 Å². The van der Waals surface area contributed by atoms with Crippen LogP contribution >= 0.6 is 11.8 Å². The van der Waals surface area contributed by atoms with Crippen LogP contribution < -0.4 is 0 Å². The summed E-state index contributed by atoms with van der Waals surface area (Å²) in [6, 6.07) is 5.13. The van der Waals surface area contributed by atoms with Crippen molar-refractivity contribution in [2.24, 2.45) is 0 Å². The summed E-state index contributed by atoms with van der Waals surface area (Å²) in [5.41, 5.74) is 0.628. The van der Waals surface area contributed by atoms with Crippen LogP contribution in [0.15, 0.2) is 24.3 Å². The van der Waals surface area contributed by atoms with Crippen LogP contribution in [0.5, 0.6) is 0 Å². The van der Waals surface area contributed by atoms with Crippen molar-refractivity contribution in [2.45, 2.75) is 31.2 Å². The molecular weight excluding hydrogens is 281 g/mol. The molecule has 0 unspecified atom stereocenters. The van der Waals surface area contributed by atoms with Crippen LogP contribution in [0.25, 0.3) is 0 Å². The predicted molar refractivity (Wildman–Crippen MR) is 74.8 cm³/mol. The van der Waals surface area contributed by atoms with E-state index in [1.165, 1.54) is 28.8 Å². The minimum Gasteiger partial charge on any atom is -0.480 e. The van der Waals surface area contributed by atoms with Crippen LogP contribution in [0.1, 0.15) is 30.7 Å². The van der Waals surface area contributed by atoms with Gasteiger partial charge in [-0.3, -0.25) is 4.79 Å². The van der Waals surface area contributed by atoms with Crippen molar-refractivity contribution >= 4 is 23.6 Å². The first-order chi connectivity index (χ1) is 9.54. The molecule has 4 nitrogen and oxygen atoms in total. The minimum atomic E-state index is -1.01. The van der Waals surface area contributed by atoms with Gasteiger partial charge >= 0.3 is 5.97 Å². The summed E-state index contributed by atoms with van der Waals surface area (Å²) in [7, 11) is 0. The summed E-state index contributed by atoms with van der Waals surface area (Å²) < 4.78 is 13.3. The third-order valence-corrected chi connectivity index (χ3v) is 4.49. The number of benzene rings is 1. The van der Waals surface area contributed by atoms with E-state index >= 15 is 0 Å². The molecule has 0 aromatic heterocycles. The first kappa shape index (κ1) is 14.8. The molecule has 0 aliphatic carbocycles. The van der Waals surface area contributed by atoms with Gasteiger partial charge in [-0.15, -0.1) is 11.8 Å². The fourth-order valence-corrected chi connectivity index (χ4v) is 3.69. The normalized spacial score (nSPS) is 22.0. The fourth-order valence-electron chi connectivity index (χ4n) is 2.26. The Balaban J connectivity index is 2.31. The van der Waals surface area contributed by atoms with Crippen molar-refractivity contribution in [3.8, 4) is 0 Å². The van der Waals surface area contributed by atoms with Gasteiger partial charge in [-0.2, -0.15) is 0 Å². The van der Waals surface area contributed by atoms with Gasteiger partial charge in [0.25, 0.3) is 0 Å². The smallest absolute Gasteiger partial charge is 0.327 e. The molecule has 1 N–H and O–H groups in total. The molecule has 1 aliphatic rings. The molecule has 1 amide bonds. The number of hydrogen-bond donors (Lipinski definition) is 1. The first-order valence-electron chi connectivity index (χ1n) is 6.45. The summed E-state index contributed by atoms with van der Waals surface area (Å²) in [6.07, 6.45) is 0.957. The molecular formula is C14H16FNO3S. The van der Waals surface area contributed by atoms with E-state index in [0.29, 0.717) is 24.2 Å². The van der Waals surface area contributed by atoms with Crippen molar-refractivity contribution in [1.29, 1.82) is 0 Å². The molecule has 2 atom stereocenters. The lowest BCUT2D eigenvalue weighted by Gasteiger charge is -2.27. The van der Waals surface area contributed by atoms with E-state index in [-0.39, 0.29) is 11.7 Å². The van der Waals surface area contributed by atoms with E-state index in [2.05, 4.69) is 0 Å². The molecule has 1 aliphatic heterocycles. The number of hydrogen-bond acceptors (Lipinski definition) is 3. The van der Waals surface area contributed by atoms with Crippen LogP contribution in [0.2, 0.25) is 0 Å². The Morgan fingerprint density at radius 2 is 2.25 bits per heavy atom. The van der Waals surface area contributed by atoms with Crippen molar-refractivity contribution in [1.82, 2.24) is 4.90 Å². The number of nitrogens with zero attached hydrogens (tertiary/aromatic N) is 1. The molecule has 1 aromatic rings. The van der Waals surface area contributed by atoms with Gasteiger partial charge in [-0.25, -0.2) is 9.18 Å². The second-order valence-corrected chi connectivity index (χ2v) is 5.76. The molecule has 1 fully saturated rings. The number of halogens is 1. The molecule has 2 rings (SSSR count). The van der Waals surface area contributed by atoms with Crippen LogP contribution in [-0.2, 0) is 9.59 Å². The van der Waals surface area contributed by atoms with E-state index in [1.807, 2.05) is 6.92 Å². The van der Waals surface area contributed by atoms with E-state index in [1.54, 1.807) is 12.1 Å². The number of rotatable bonds is 4.